The highest BCUT2D eigenvalue weighted by Gasteiger charge is 2.16. The Morgan fingerprint density at radius 2 is 1.53 bits per heavy atom. The van der Waals surface area contributed by atoms with Crippen molar-refractivity contribution in [2.45, 2.75) is 13.8 Å². The molecule has 7 heteroatoms. The number of anilines is 2. The minimum Gasteiger partial charge on any atom is -0.457 e. The second kappa shape index (κ2) is 11.5. The lowest BCUT2D eigenvalue weighted by Gasteiger charge is -2.06. The molecule has 0 bridgehead atoms. The summed E-state index contributed by atoms with van der Waals surface area (Å²) in [5.41, 5.74) is 8.31. The largest absolute Gasteiger partial charge is 0.457 e. The Morgan fingerprint density at radius 3 is 2.26 bits per heavy atom. The standard InChI is InChI=1S/C31H26N4O2S/c1-21-11-15-24(16-12-21)28-30(34-29(36)25-17-13-22(2)14-18-25)38-31(33-28)35-32-20-23-7-6-10-27(19-23)37-26-8-4-3-5-9-26/h3-20H,1-2H3,(H,33,35)(H,34,36)/b32-20-. The zero-order valence-electron chi connectivity index (χ0n) is 21.0. The van der Waals surface area contributed by atoms with Crippen molar-refractivity contribution in [2.75, 3.05) is 10.7 Å². The van der Waals surface area contributed by atoms with Crippen LogP contribution in [-0.4, -0.2) is 17.1 Å². The van der Waals surface area contributed by atoms with E-state index >= 15 is 0 Å². The molecule has 0 saturated heterocycles. The molecule has 2 N–H and O–H groups in total. The number of para-hydroxylation sites is 1. The SMILES string of the molecule is Cc1ccc(C(=O)Nc2sc(N/N=C\c3cccc(Oc4ccccc4)c3)nc2-c2ccc(C)cc2)cc1. The molecule has 0 radical (unpaired) electrons. The van der Waals surface area contributed by atoms with E-state index in [9.17, 15) is 4.79 Å². The number of rotatable bonds is 8. The molecule has 0 aliphatic carbocycles. The fraction of sp³-hybridized carbons (Fsp3) is 0.0645. The van der Waals surface area contributed by atoms with Gasteiger partial charge in [0, 0.05) is 11.1 Å². The number of nitrogens with zero attached hydrogens (tertiary/aromatic N) is 2. The van der Waals surface area contributed by atoms with Crippen molar-refractivity contribution < 1.29 is 9.53 Å². The quantitative estimate of drug-likeness (QED) is 0.162. The van der Waals surface area contributed by atoms with E-state index in [0.29, 0.717) is 21.4 Å². The normalized spacial score (nSPS) is 10.9. The van der Waals surface area contributed by atoms with Crippen LogP contribution in [0.15, 0.2) is 108 Å². The van der Waals surface area contributed by atoms with E-state index in [2.05, 4.69) is 15.8 Å². The van der Waals surface area contributed by atoms with Crippen LogP contribution >= 0.6 is 11.3 Å². The topological polar surface area (TPSA) is 75.6 Å². The summed E-state index contributed by atoms with van der Waals surface area (Å²) in [7, 11) is 0. The molecule has 6 nitrogen and oxygen atoms in total. The second-order valence-electron chi connectivity index (χ2n) is 8.74. The molecule has 0 atom stereocenters. The van der Waals surface area contributed by atoms with Crippen LogP contribution < -0.4 is 15.5 Å². The van der Waals surface area contributed by atoms with Crippen molar-refractivity contribution in [2.24, 2.45) is 5.10 Å². The van der Waals surface area contributed by atoms with Gasteiger partial charge in [-0.15, -0.1) is 0 Å². The Morgan fingerprint density at radius 1 is 0.842 bits per heavy atom. The number of ether oxygens (including phenoxy) is 1. The monoisotopic (exact) mass is 518 g/mol. The molecular formula is C31H26N4O2S. The van der Waals surface area contributed by atoms with E-state index in [1.807, 2.05) is 117 Å². The predicted octanol–water partition coefficient (Wildman–Crippen LogP) is 7.92. The first kappa shape index (κ1) is 24.9. The van der Waals surface area contributed by atoms with Gasteiger partial charge in [0.05, 0.1) is 6.21 Å². The summed E-state index contributed by atoms with van der Waals surface area (Å²) >= 11 is 1.33. The molecule has 0 spiro atoms. The number of aromatic nitrogens is 1. The highest BCUT2D eigenvalue weighted by atomic mass is 32.1. The van der Waals surface area contributed by atoms with E-state index in [0.717, 1.165) is 33.8 Å². The third-order valence-corrected chi connectivity index (χ3v) is 6.58. The van der Waals surface area contributed by atoms with Gasteiger partial charge >= 0.3 is 0 Å². The van der Waals surface area contributed by atoms with Crippen molar-refractivity contribution in [3.63, 3.8) is 0 Å². The summed E-state index contributed by atoms with van der Waals surface area (Å²) in [5.74, 6) is 1.30. The molecule has 1 aromatic heterocycles. The van der Waals surface area contributed by atoms with Crippen molar-refractivity contribution in [3.8, 4) is 22.8 Å². The summed E-state index contributed by atoms with van der Waals surface area (Å²) in [6, 6.07) is 32.8. The Kier molecular flexibility index (Phi) is 7.57. The Labute approximate surface area is 225 Å². The Balaban J connectivity index is 1.34. The van der Waals surface area contributed by atoms with Crippen LogP contribution in [0.2, 0.25) is 0 Å². The van der Waals surface area contributed by atoms with Crippen LogP contribution in [0.25, 0.3) is 11.3 Å². The lowest BCUT2D eigenvalue weighted by molar-refractivity contribution is 0.102. The maximum atomic E-state index is 12.9. The number of hydrogen-bond donors (Lipinski definition) is 2. The number of thiazole rings is 1. The number of nitrogens with one attached hydrogen (secondary N) is 2. The van der Waals surface area contributed by atoms with Crippen molar-refractivity contribution in [3.05, 3.63) is 125 Å². The number of carbonyl (C=O) groups excluding carboxylic acids is 1. The summed E-state index contributed by atoms with van der Waals surface area (Å²) in [4.78, 5) is 17.7. The first-order valence-electron chi connectivity index (χ1n) is 12.1. The Bertz CT molecular complexity index is 1560. The summed E-state index contributed by atoms with van der Waals surface area (Å²) in [5, 5.41) is 8.61. The summed E-state index contributed by atoms with van der Waals surface area (Å²) in [6.45, 7) is 4.03. The second-order valence-corrected chi connectivity index (χ2v) is 9.74. The molecule has 4 aromatic carbocycles. The Hall–Kier alpha value is -4.75. The number of carbonyl (C=O) groups is 1. The predicted molar refractivity (Wildman–Crippen MR) is 156 cm³/mol. The molecule has 38 heavy (non-hydrogen) atoms. The number of benzene rings is 4. The molecule has 188 valence electrons. The zero-order valence-corrected chi connectivity index (χ0v) is 21.8. The van der Waals surface area contributed by atoms with Crippen LogP contribution in [0, 0.1) is 13.8 Å². The van der Waals surface area contributed by atoms with E-state index < -0.39 is 0 Å². The van der Waals surface area contributed by atoms with E-state index in [-0.39, 0.29) is 5.91 Å². The van der Waals surface area contributed by atoms with Crippen LogP contribution in [0.3, 0.4) is 0 Å². The summed E-state index contributed by atoms with van der Waals surface area (Å²) < 4.78 is 5.91. The fourth-order valence-corrected chi connectivity index (χ4v) is 4.52. The van der Waals surface area contributed by atoms with Gasteiger partial charge < -0.3 is 10.1 Å². The first-order chi connectivity index (χ1) is 18.5. The zero-order chi connectivity index (χ0) is 26.3. The smallest absolute Gasteiger partial charge is 0.256 e. The number of aryl methyl sites for hydroxylation is 2. The first-order valence-corrected chi connectivity index (χ1v) is 12.9. The third-order valence-electron chi connectivity index (χ3n) is 5.70. The van der Waals surface area contributed by atoms with E-state index in [1.54, 1.807) is 6.21 Å². The van der Waals surface area contributed by atoms with Crippen LogP contribution in [-0.2, 0) is 0 Å². The van der Waals surface area contributed by atoms with E-state index in [4.69, 9.17) is 9.72 Å². The highest BCUT2D eigenvalue weighted by Crippen LogP contribution is 2.36. The van der Waals surface area contributed by atoms with Gasteiger partial charge in [-0.1, -0.05) is 89.2 Å². The molecule has 1 heterocycles. The number of hydrazone groups is 1. The third kappa shape index (κ3) is 6.32. The number of amides is 1. The van der Waals surface area contributed by atoms with Crippen molar-refractivity contribution >= 4 is 33.6 Å². The lowest BCUT2D eigenvalue weighted by Crippen LogP contribution is -2.11. The van der Waals surface area contributed by atoms with Gasteiger partial charge in [0.2, 0.25) is 5.13 Å². The minimum atomic E-state index is -0.188. The lowest BCUT2D eigenvalue weighted by atomic mass is 10.1. The summed E-state index contributed by atoms with van der Waals surface area (Å²) in [6.07, 6.45) is 1.70. The molecule has 0 aliphatic rings. The maximum Gasteiger partial charge on any atom is 0.256 e. The van der Waals surface area contributed by atoms with Gasteiger partial charge in [0.1, 0.15) is 22.2 Å². The van der Waals surface area contributed by atoms with Crippen LogP contribution in [0.1, 0.15) is 27.0 Å². The van der Waals surface area contributed by atoms with Gasteiger partial charge in [-0.25, -0.2) is 4.98 Å². The molecule has 0 aliphatic heterocycles. The van der Waals surface area contributed by atoms with Gasteiger partial charge in [0.25, 0.3) is 5.91 Å². The van der Waals surface area contributed by atoms with Crippen LogP contribution in [0.4, 0.5) is 10.1 Å². The van der Waals surface area contributed by atoms with Gasteiger partial charge in [-0.05, 0) is 55.8 Å². The minimum absolute atomic E-state index is 0.188. The highest BCUT2D eigenvalue weighted by molar-refractivity contribution is 7.20. The molecule has 1 amide bonds. The molecular weight excluding hydrogens is 492 g/mol. The average Bonchev–Trinajstić information content (AvgIpc) is 3.32. The maximum absolute atomic E-state index is 12.9. The van der Waals surface area contributed by atoms with Gasteiger partial charge in [-0.3, -0.25) is 10.2 Å². The van der Waals surface area contributed by atoms with Gasteiger partial charge in [0.15, 0.2) is 0 Å². The van der Waals surface area contributed by atoms with Gasteiger partial charge in [-0.2, -0.15) is 5.10 Å². The number of hydrogen-bond acceptors (Lipinski definition) is 6. The molecule has 0 fully saturated rings. The van der Waals surface area contributed by atoms with Crippen molar-refractivity contribution in [1.29, 1.82) is 0 Å². The molecule has 0 saturated carbocycles. The molecule has 5 aromatic rings. The average molecular weight is 519 g/mol. The molecule has 0 unspecified atom stereocenters. The van der Waals surface area contributed by atoms with E-state index in [1.165, 1.54) is 11.3 Å². The van der Waals surface area contributed by atoms with Crippen LogP contribution in [0.5, 0.6) is 11.5 Å². The van der Waals surface area contributed by atoms with Crippen molar-refractivity contribution in [1.82, 2.24) is 4.98 Å². The fourth-order valence-electron chi connectivity index (χ4n) is 3.68. The molecule has 5 rings (SSSR count).